The van der Waals surface area contributed by atoms with Crippen molar-refractivity contribution >= 4 is 0 Å². The second kappa shape index (κ2) is 6.19. The van der Waals surface area contributed by atoms with Gasteiger partial charge >= 0.3 is 0 Å². The first-order valence-corrected chi connectivity index (χ1v) is 7.41. The van der Waals surface area contributed by atoms with Crippen LogP contribution in [-0.4, -0.2) is 19.3 Å². The van der Waals surface area contributed by atoms with Crippen LogP contribution >= 0.6 is 0 Å². The quantitative estimate of drug-likeness (QED) is 0.917. The third-order valence-corrected chi connectivity index (χ3v) is 3.73. The summed E-state index contributed by atoms with van der Waals surface area (Å²) in [5.41, 5.74) is 8.29. The van der Waals surface area contributed by atoms with E-state index in [9.17, 15) is 0 Å². The largest absolute Gasteiger partial charge is 0.493 e. The molecule has 1 aliphatic rings. The predicted octanol–water partition coefficient (Wildman–Crippen LogP) is 3.13. The molecular weight excluding hydrogens is 262 g/mol. The van der Waals surface area contributed by atoms with Crippen molar-refractivity contribution in [2.75, 3.05) is 13.2 Å². The summed E-state index contributed by atoms with van der Waals surface area (Å²) in [6.45, 7) is 3.35. The van der Waals surface area contributed by atoms with E-state index in [0.717, 1.165) is 17.9 Å². The number of ether oxygens (including phenoxy) is 2. The number of fused-ring (bicyclic) bond motifs is 1. The van der Waals surface area contributed by atoms with E-state index in [-0.39, 0.29) is 6.04 Å². The Balaban J connectivity index is 1.59. The van der Waals surface area contributed by atoms with Gasteiger partial charge in [0, 0.05) is 11.6 Å². The minimum atomic E-state index is 0.184. The van der Waals surface area contributed by atoms with Crippen LogP contribution in [0.15, 0.2) is 48.5 Å². The second-order valence-electron chi connectivity index (χ2n) is 5.68. The molecule has 0 bridgehead atoms. The molecule has 3 nitrogen and oxygen atoms in total. The third-order valence-electron chi connectivity index (χ3n) is 3.73. The summed E-state index contributed by atoms with van der Waals surface area (Å²) in [5, 5.41) is 0. The normalized spacial score (nSPS) is 17.9. The molecule has 2 unspecified atom stereocenters. The van der Waals surface area contributed by atoms with Crippen LogP contribution < -0.4 is 15.2 Å². The first-order chi connectivity index (χ1) is 10.2. The number of nitrogens with two attached hydrogens (primary N) is 1. The maximum Gasteiger partial charge on any atom is 0.123 e. The van der Waals surface area contributed by atoms with Gasteiger partial charge in [0.15, 0.2) is 0 Å². The fraction of sp³-hybridized carbons (Fsp3) is 0.333. The van der Waals surface area contributed by atoms with Crippen molar-refractivity contribution in [2.24, 2.45) is 5.73 Å². The minimum absolute atomic E-state index is 0.184. The van der Waals surface area contributed by atoms with Crippen molar-refractivity contribution in [1.82, 2.24) is 0 Å². The minimum Gasteiger partial charge on any atom is -0.493 e. The lowest BCUT2D eigenvalue weighted by atomic mass is 10.0. The van der Waals surface area contributed by atoms with Gasteiger partial charge in [0.05, 0.1) is 19.1 Å². The molecular formula is C18H21NO2. The average Bonchev–Trinajstić information content (AvgIpc) is 2.89. The molecule has 0 saturated carbocycles. The van der Waals surface area contributed by atoms with E-state index in [4.69, 9.17) is 15.2 Å². The van der Waals surface area contributed by atoms with E-state index in [1.807, 2.05) is 37.3 Å². The topological polar surface area (TPSA) is 44.5 Å². The Morgan fingerprint density at radius 1 is 1.19 bits per heavy atom. The van der Waals surface area contributed by atoms with E-state index >= 15 is 0 Å². The van der Waals surface area contributed by atoms with E-state index in [2.05, 4.69) is 18.2 Å². The third kappa shape index (κ3) is 3.37. The van der Waals surface area contributed by atoms with Gasteiger partial charge in [-0.25, -0.2) is 0 Å². The zero-order chi connectivity index (χ0) is 14.7. The SMILES string of the molecule is CC(N)Cc1ccc(OCC2COc3ccccc32)cc1. The van der Waals surface area contributed by atoms with Gasteiger partial charge in [-0.1, -0.05) is 30.3 Å². The molecule has 21 heavy (non-hydrogen) atoms. The summed E-state index contributed by atoms with van der Waals surface area (Å²) in [5.74, 6) is 2.19. The molecule has 0 amide bonds. The van der Waals surface area contributed by atoms with Crippen LogP contribution in [-0.2, 0) is 6.42 Å². The standard InChI is InChI=1S/C18H21NO2/c1-13(19)10-14-6-8-16(9-7-14)20-11-15-12-21-18-5-3-2-4-17(15)18/h2-9,13,15H,10-12,19H2,1H3. The van der Waals surface area contributed by atoms with E-state index in [0.29, 0.717) is 19.1 Å². The first-order valence-electron chi connectivity index (χ1n) is 7.41. The lowest BCUT2D eigenvalue weighted by Gasteiger charge is -2.12. The molecule has 1 heterocycles. The maximum absolute atomic E-state index is 5.90. The highest BCUT2D eigenvalue weighted by Gasteiger charge is 2.24. The maximum atomic E-state index is 5.90. The Morgan fingerprint density at radius 3 is 2.71 bits per heavy atom. The van der Waals surface area contributed by atoms with E-state index < -0.39 is 0 Å². The summed E-state index contributed by atoms with van der Waals surface area (Å²) in [7, 11) is 0. The van der Waals surface area contributed by atoms with Crippen molar-refractivity contribution in [3.63, 3.8) is 0 Å². The van der Waals surface area contributed by atoms with Gasteiger partial charge in [-0.3, -0.25) is 0 Å². The molecule has 0 aromatic heterocycles. The van der Waals surface area contributed by atoms with Crippen LogP contribution in [0.5, 0.6) is 11.5 Å². The van der Waals surface area contributed by atoms with E-state index in [1.54, 1.807) is 0 Å². The van der Waals surface area contributed by atoms with Crippen LogP contribution in [0.3, 0.4) is 0 Å². The monoisotopic (exact) mass is 283 g/mol. The van der Waals surface area contributed by atoms with Crippen molar-refractivity contribution < 1.29 is 9.47 Å². The molecule has 0 aliphatic carbocycles. The Labute approximate surface area is 125 Å². The molecule has 2 aromatic carbocycles. The van der Waals surface area contributed by atoms with Gasteiger partial charge in [0.25, 0.3) is 0 Å². The average molecular weight is 283 g/mol. The number of hydrogen-bond acceptors (Lipinski definition) is 3. The highest BCUT2D eigenvalue weighted by Crippen LogP contribution is 2.33. The first kappa shape index (κ1) is 14.0. The van der Waals surface area contributed by atoms with Crippen LogP contribution in [0.1, 0.15) is 24.0 Å². The Kier molecular flexibility index (Phi) is 4.11. The molecule has 2 aromatic rings. The molecule has 110 valence electrons. The molecule has 2 atom stereocenters. The lowest BCUT2D eigenvalue weighted by Crippen LogP contribution is -2.17. The van der Waals surface area contributed by atoms with Crippen LogP contribution in [0.4, 0.5) is 0 Å². The van der Waals surface area contributed by atoms with E-state index in [1.165, 1.54) is 11.1 Å². The molecule has 2 N–H and O–H groups in total. The number of hydrogen-bond donors (Lipinski definition) is 1. The van der Waals surface area contributed by atoms with Crippen molar-refractivity contribution in [3.8, 4) is 11.5 Å². The van der Waals surface area contributed by atoms with Gasteiger partial charge in [0.2, 0.25) is 0 Å². The highest BCUT2D eigenvalue weighted by atomic mass is 16.5. The predicted molar refractivity (Wildman–Crippen MR) is 84.0 cm³/mol. The van der Waals surface area contributed by atoms with Crippen LogP contribution in [0.25, 0.3) is 0 Å². The van der Waals surface area contributed by atoms with Gasteiger partial charge in [0.1, 0.15) is 11.5 Å². The van der Waals surface area contributed by atoms with Gasteiger partial charge < -0.3 is 15.2 Å². The van der Waals surface area contributed by atoms with Crippen molar-refractivity contribution in [3.05, 3.63) is 59.7 Å². The van der Waals surface area contributed by atoms with Crippen molar-refractivity contribution in [1.29, 1.82) is 0 Å². The van der Waals surface area contributed by atoms with Crippen LogP contribution in [0.2, 0.25) is 0 Å². The van der Waals surface area contributed by atoms with Crippen LogP contribution in [0, 0.1) is 0 Å². The van der Waals surface area contributed by atoms with Gasteiger partial charge in [-0.15, -0.1) is 0 Å². The molecule has 0 spiro atoms. The highest BCUT2D eigenvalue weighted by molar-refractivity contribution is 5.39. The number of benzene rings is 2. The number of para-hydroxylation sites is 1. The van der Waals surface area contributed by atoms with Gasteiger partial charge in [-0.2, -0.15) is 0 Å². The Bertz CT molecular complexity index is 592. The molecule has 3 rings (SSSR count). The molecule has 1 aliphatic heterocycles. The molecule has 3 heteroatoms. The number of rotatable bonds is 5. The summed E-state index contributed by atoms with van der Waals surface area (Å²) in [6.07, 6.45) is 0.893. The zero-order valence-electron chi connectivity index (χ0n) is 12.3. The Hall–Kier alpha value is -2.00. The fourth-order valence-electron chi connectivity index (χ4n) is 2.66. The fourth-order valence-corrected chi connectivity index (χ4v) is 2.66. The van der Waals surface area contributed by atoms with Crippen molar-refractivity contribution in [2.45, 2.75) is 25.3 Å². The lowest BCUT2D eigenvalue weighted by molar-refractivity contribution is 0.248. The molecule has 0 fully saturated rings. The molecule has 0 radical (unpaired) electrons. The second-order valence-corrected chi connectivity index (χ2v) is 5.68. The smallest absolute Gasteiger partial charge is 0.123 e. The Morgan fingerprint density at radius 2 is 1.95 bits per heavy atom. The summed E-state index contributed by atoms with van der Waals surface area (Å²) < 4.78 is 11.6. The summed E-state index contributed by atoms with van der Waals surface area (Å²) >= 11 is 0. The summed E-state index contributed by atoms with van der Waals surface area (Å²) in [4.78, 5) is 0. The molecule has 0 saturated heterocycles. The van der Waals surface area contributed by atoms with Gasteiger partial charge in [-0.05, 0) is 37.1 Å². The summed E-state index contributed by atoms with van der Waals surface area (Å²) in [6, 6.07) is 16.5. The zero-order valence-corrected chi connectivity index (χ0v) is 12.3.